The number of nitrogens with zero attached hydrogens (tertiary/aromatic N) is 2. The minimum atomic E-state index is 0.960. The maximum absolute atomic E-state index is 5.17. The fourth-order valence-electron chi connectivity index (χ4n) is 7.66. The van der Waals surface area contributed by atoms with Gasteiger partial charge in [0.25, 0.3) is 0 Å². The van der Waals surface area contributed by atoms with E-state index in [1.165, 1.54) is 54.1 Å². The second kappa shape index (κ2) is 11.0. The number of pyridine rings is 1. The Labute approximate surface area is 284 Å². The van der Waals surface area contributed by atoms with Gasteiger partial charge in [0.2, 0.25) is 0 Å². The van der Waals surface area contributed by atoms with Crippen LogP contribution in [0.4, 0.5) is 0 Å². The summed E-state index contributed by atoms with van der Waals surface area (Å²) in [6.45, 7) is 0. The van der Waals surface area contributed by atoms with E-state index in [-0.39, 0.29) is 0 Å². The molecule has 2 nitrogen and oxygen atoms in total. The summed E-state index contributed by atoms with van der Waals surface area (Å²) in [7, 11) is 0. The van der Waals surface area contributed by atoms with Crippen molar-refractivity contribution in [3.8, 4) is 39.3 Å². The van der Waals surface area contributed by atoms with E-state index in [2.05, 4.69) is 187 Å². The predicted molar refractivity (Wildman–Crippen MR) is 207 cm³/mol. The van der Waals surface area contributed by atoms with Crippen LogP contribution in [0, 0.1) is 0 Å². The molecule has 49 heavy (non-hydrogen) atoms. The van der Waals surface area contributed by atoms with Gasteiger partial charge in [0, 0.05) is 27.3 Å². The Morgan fingerprint density at radius 3 is 1.33 bits per heavy atom. The predicted octanol–water partition coefficient (Wildman–Crippen LogP) is 12.6. The van der Waals surface area contributed by atoms with Crippen molar-refractivity contribution in [2.24, 2.45) is 0 Å². The van der Waals surface area contributed by atoms with E-state index in [0.29, 0.717) is 0 Å². The van der Waals surface area contributed by atoms with E-state index in [1.807, 2.05) is 0 Å². The highest BCUT2D eigenvalue weighted by molar-refractivity contribution is 6.28. The molecule has 0 atom stereocenters. The Morgan fingerprint density at radius 2 is 0.776 bits per heavy atom. The number of benzene rings is 8. The van der Waals surface area contributed by atoms with Gasteiger partial charge in [-0.25, -0.2) is 4.98 Å². The lowest BCUT2D eigenvalue weighted by Crippen LogP contribution is -1.97. The zero-order valence-electron chi connectivity index (χ0n) is 26.7. The molecule has 0 amide bonds. The zero-order chi connectivity index (χ0) is 32.3. The van der Waals surface area contributed by atoms with Crippen LogP contribution in [0.1, 0.15) is 0 Å². The molecule has 0 unspecified atom stereocenters. The number of fused-ring (bicyclic) bond motifs is 8. The van der Waals surface area contributed by atoms with Gasteiger partial charge >= 0.3 is 0 Å². The molecule has 10 aromatic rings. The van der Waals surface area contributed by atoms with Crippen molar-refractivity contribution in [3.05, 3.63) is 182 Å². The third-order valence-corrected chi connectivity index (χ3v) is 9.92. The molecule has 228 valence electrons. The average Bonchev–Trinajstić information content (AvgIpc) is 3.53. The molecule has 0 radical (unpaired) electrons. The molecule has 0 aliphatic carbocycles. The van der Waals surface area contributed by atoms with Gasteiger partial charge in [0.15, 0.2) is 0 Å². The molecule has 0 bridgehead atoms. The molecule has 0 N–H and O–H groups in total. The second-order valence-corrected chi connectivity index (χ2v) is 12.8. The van der Waals surface area contributed by atoms with E-state index in [4.69, 9.17) is 4.98 Å². The Balaban J connectivity index is 1.31. The number of aromatic nitrogens is 2. The quantitative estimate of drug-likeness (QED) is 0.191. The van der Waals surface area contributed by atoms with Crippen molar-refractivity contribution < 1.29 is 0 Å². The van der Waals surface area contributed by atoms with Crippen LogP contribution < -0.4 is 0 Å². The van der Waals surface area contributed by atoms with E-state index in [0.717, 1.165) is 39.3 Å². The fraction of sp³-hybridized carbons (Fsp3) is 0. The Kier molecular flexibility index (Phi) is 6.22. The first kappa shape index (κ1) is 27.6. The highest BCUT2D eigenvalue weighted by atomic mass is 15.0. The Bertz CT molecular complexity index is 2710. The molecule has 8 aromatic carbocycles. The minimum Gasteiger partial charge on any atom is -0.309 e. The summed E-state index contributed by atoms with van der Waals surface area (Å²) >= 11 is 0. The molecule has 2 heteroatoms. The number of hydrogen-bond acceptors (Lipinski definition) is 1. The van der Waals surface area contributed by atoms with Gasteiger partial charge < -0.3 is 4.57 Å². The normalized spacial score (nSPS) is 11.7. The van der Waals surface area contributed by atoms with Crippen LogP contribution in [0.25, 0.3) is 93.5 Å². The summed E-state index contributed by atoms with van der Waals surface area (Å²) in [5, 5.41) is 10.0. The van der Waals surface area contributed by atoms with E-state index in [1.54, 1.807) is 0 Å². The standard InChI is InChI=1S/C47H30N2/c1-3-15-33(16-4-1)41-28-37(29-42(48-41)34-17-5-2-6-18-34)36-27-35-19-9-10-20-38(35)45(30-36)49-43-25-23-31-13-7-11-21-39(31)46(43)47-40-22-12-8-14-32(40)24-26-44(47)49/h1-30H. The molecule has 2 heterocycles. The van der Waals surface area contributed by atoms with Gasteiger partial charge in [-0.2, -0.15) is 0 Å². The molecule has 0 aliphatic rings. The molecular weight excluding hydrogens is 593 g/mol. The van der Waals surface area contributed by atoms with Crippen LogP contribution in [0.15, 0.2) is 182 Å². The van der Waals surface area contributed by atoms with Gasteiger partial charge in [0.1, 0.15) is 0 Å². The number of hydrogen-bond donors (Lipinski definition) is 0. The summed E-state index contributed by atoms with van der Waals surface area (Å²) in [6.07, 6.45) is 0. The van der Waals surface area contributed by atoms with Crippen molar-refractivity contribution in [1.82, 2.24) is 9.55 Å². The zero-order valence-corrected chi connectivity index (χ0v) is 26.7. The highest BCUT2D eigenvalue weighted by Crippen LogP contribution is 2.43. The molecule has 2 aromatic heterocycles. The third kappa shape index (κ3) is 4.46. The monoisotopic (exact) mass is 622 g/mol. The van der Waals surface area contributed by atoms with Gasteiger partial charge in [-0.1, -0.05) is 146 Å². The van der Waals surface area contributed by atoms with E-state index >= 15 is 0 Å². The average molecular weight is 623 g/mol. The SMILES string of the molecule is c1ccc(-c2cc(-c3cc(-n4c5ccc6ccccc6c5c5c6ccccc6ccc54)c4ccccc4c3)cc(-c3ccccc3)n2)cc1. The Morgan fingerprint density at radius 1 is 0.327 bits per heavy atom. The van der Waals surface area contributed by atoms with Crippen molar-refractivity contribution in [2.75, 3.05) is 0 Å². The topological polar surface area (TPSA) is 17.8 Å². The first-order valence-electron chi connectivity index (χ1n) is 16.8. The molecule has 0 saturated heterocycles. The lowest BCUT2D eigenvalue weighted by Gasteiger charge is -2.16. The summed E-state index contributed by atoms with van der Waals surface area (Å²) in [4.78, 5) is 5.17. The van der Waals surface area contributed by atoms with Crippen LogP contribution in [0.5, 0.6) is 0 Å². The molecule has 10 rings (SSSR count). The van der Waals surface area contributed by atoms with Crippen LogP contribution in [-0.4, -0.2) is 9.55 Å². The van der Waals surface area contributed by atoms with Crippen molar-refractivity contribution in [2.45, 2.75) is 0 Å². The molecule has 0 fully saturated rings. The van der Waals surface area contributed by atoms with E-state index in [9.17, 15) is 0 Å². The minimum absolute atomic E-state index is 0.960. The smallest absolute Gasteiger partial charge is 0.0715 e. The van der Waals surface area contributed by atoms with Crippen LogP contribution in [0.2, 0.25) is 0 Å². The van der Waals surface area contributed by atoms with Gasteiger partial charge in [-0.15, -0.1) is 0 Å². The summed E-state index contributed by atoms with van der Waals surface area (Å²) < 4.78 is 2.49. The summed E-state index contributed by atoms with van der Waals surface area (Å²) in [6, 6.07) is 65.6. The molecule has 0 saturated carbocycles. The van der Waals surface area contributed by atoms with Crippen LogP contribution >= 0.6 is 0 Å². The lowest BCUT2D eigenvalue weighted by atomic mass is 9.96. The maximum Gasteiger partial charge on any atom is 0.0715 e. The first-order chi connectivity index (χ1) is 24.3. The van der Waals surface area contributed by atoms with Crippen molar-refractivity contribution >= 4 is 54.1 Å². The van der Waals surface area contributed by atoms with E-state index < -0.39 is 0 Å². The fourth-order valence-corrected chi connectivity index (χ4v) is 7.66. The van der Waals surface area contributed by atoms with Crippen LogP contribution in [-0.2, 0) is 0 Å². The maximum atomic E-state index is 5.17. The van der Waals surface area contributed by atoms with Gasteiger partial charge in [-0.05, 0) is 74.5 Å². The third-order valence-electron chi connectivity index (χ3n) is 9.92. The summed E-state index contributed by atoms with van der Waals surface area (Å²) in [5.41, 5.74) is 9.99. The van der Waals surface area contributed by atoms with Gasteiger partial charge in [0.05, 0.1) is 28.1 Å². The molecule has 0 spiro atoms. The number of rotatable bonds is 4. The van der Waals surface area contributed by atoms with Crippen LogP contribution in [0.3, 0.4) is 0 Å². The van der Waals surface area contributed by atoms with Gasteiger partial charge in [-0.3, -0.25) is 0 Å². The lowest BCUT2D eigenvalue weighted by molar-refractivity contribution is 1.20. The van der Waals surface area contributed by atoms with Crippen molar-refractivity contribution in [1.29, 1.82) is 0 Å². The molecular formula is C47H30N2. The highest BCUT2D eigenvalue weighted by Gasteiger charge is 2.20. The first-order valence-corrected chi connectivity index (χ1v) is 16.8. The largest absolute Gasteiger partial charge is 0.309 e. The second-order valence-electron chi connectivity index (χ2n) is 12.8. The molecule has 0 aliphatic heterocycles. The Hall–Kier alpha value is -6.51. The van der Waals surface area contributed by atoms with Crippen molar-refractivity contribution in [3.63, 3.8) is 0 Å². The summed E-state index contributed by atoms with van der Waals surface area (Å²) in [5.74, 6) is 0.